The number of carbonyl (C=O) groups is 1. The van der Waals surface area contributed by atoms with E-state index in [4.69, 9.17) is 0 Å². The van der Waals surface area contributed by atoms with Gasteiger partial charge in [-0.2, -0.15) is 5.10 Å². The van der Waals surface area contributed by atoms with Gasteiger partial charge in [0.15, 0.2) is 0 Å². The number of rotatable bonds is 5. The molecule has 0 spiro atoms. The topological polar surface area (TPSA) is 72.7 Å². The first-order valence-corrected chi connectivity index (χ1v) is 10.7. The zero-order valence-electron chi connectivity index (χ0n) is 16.4. The fourth-order valence-corrected chi connectivity index (χ4v) is 4.47. The Kier molecular flexibility index (Phi) is 4.78. The summed E-state index contributed by atoms with van der Waals surface area (Å²) >= 11 is 1.51. The highest BCUT2D eigenvalue weighted by Crippen LogP contribution is 2.27. The van der Waals surface area contributed by atoms with Gasteiger partial charge >= 0.3 is 0 Å². The normalized spacial score (nSPS) is 18.3. The molecule has 4 heterocycles. The number of amides is 1. The zero-order chi connectivity index (χ0) is 20.7. The third-order valence-electron chi connectivity index (χ3n) is 5.37. The minimum atomic E-state index is -0.805. The van der Waals surface area contributed by atoms with E-state index in [9.17, 15) is 9.18 Å². The molecule has 0 saturated heterocycles. The van der Waals surface area contributed by atoms with Gasteiger partial charge in [0.25, 0.3) is 5.91 Å². The Morgan fingerprint density at radius 2 is 2.13 bits per heavy atom. The van der Waals surface area contributed by atoms with Gasteiger partial charge in [-0.05, 0) is 60.0 Å². The van der Waals surface area contributed by atoms with Crippen molar-refractivity contribution in [3.63, 3.8) is 0 Å². The molecule has 4 aromatic rings. The first-order chi connectivity index (χ1) is 14.5. The van der Waals surface area contributed by atoms with E-state index in [2.05, 4.69) is 20.4 Å². The Morgan fingerprint density at radius 1 is 1.27 bits per heavy atom. The number of aromatic nitrogens is 4. The van der Waals surface area contributed by atoms with E-state index < -0.39 is 6.17 Å². The molecule has 0 aromatic carbocycles. The number of aryl methyl sites for hydroxylation is 1. The zero-order valence-corrected chi connectivity index (χ0v) is 17.2. The predicted octanol–water partition coefficient (Wildman–Crippen LogP) is 3.91. The van der Waals surface area contributed by atoms with E-state index in [0.717, 1.165) is 32.7 Å². The van der Waals surface area contributed by atoms with Crippen molar-refractivity contribution in [3.8, 4) is 11.4 Å². The van der Waals surface area contributed by atoms with Crippen LogP contribution in [0.4, 0.5) is 4.39 Å². The molecule has 1 aliphatic rings. The second-order valence-corrected chi connectivity index (χ2v) is 8.54. The van der Waals surface area contributed by atoms with Crippen LogP contribution in [0.15, 0.2) is 48.1 Å². The number of alkyl halides is 1. The summed E-state index contributed by atoms with van der Waals surface area (Å²) < 4.78 is 14.8. The molecule has 0 bridgehead atoms. The van der Waals surface area contributed by atoms with E-state index >= 15 is 0 Å². The van der Waals surface area contributed by atoms with Crippen LogP contribution >= 0.6 is 11.3 Å². The number of nitrogens with one attached hydrogen (secondary N) is 1. The molecule has 30 heavy (non-hydrogen) atoms. The van der Waals surface area contributed by atoms with Gasteiger partial charge < -0.3 is 5.32 Å². The van der Waals surface area contributed by atoms with Crippen molar-refractivity contribution >= 4 is 27.5 Å². The maximum absolute atomic E-state index is 13.1. The lowest BCUT2D eigenvalue weighted by Gasteiger charge is -2.30. The van der Waals surface area contributed by atoms with Gasteiger partial charge in [0.05, 0.1) is 5.69 Å². The Bertz CT molecular complexity index is 1210. The SMILES string of the molecule is Cn1ccc(-c2ccc(Cc3cc(C(=O)NC4CC(F)C4)nc4sccc34)cn2)n1. The van der Waals surface area contributed by atoms with Gasteiger partial charge in [0.2, 0.25) is 0 Å². The number of nitrogens with zero attached hydrogens (tertiary/aromatic N) is 4. The van der Waals surface area contributed by atoms with Crippen molar-refractivity contribution in [1.82, 2.24) is 25.1 Å². The molecule has 0 radical (unpaired) electrons. The van der Waals surface area contributed by atoms with Crippen LogP contribution < -0.4 is 5.32 Å². The van der Waals surface area contributed by atoms with Crippen LogP contribution in [0.2, 0.25) is 0 Å². The number of pyridine rings is 2. The van der Waals surface area contributed by atoms with Crippen LogP contribution in [0, 0.1) is 0 Å². The maximum atomic E-state index is 13.1. The summed E-state index contributed by atoms with van der Waals surface area (Å²) in [4.78, 5) is 22.5. The van der Waals surface area contributed by atoms with Crippen LogP contribution in [0.25, 0.3) is 21.6 Å². The monoisotopic (exact) mass is 421 g/mol. The van der Waals surface area contributed by atoms with Crippen LogP contribution in [-0.4, -0.2) is 37.9 Å². The Morgan fingerprint density at radius 3 is 2.83 bits per heavy atom. The summed E-state index contributed by atoms with van der Waals surface area (Å²) in [5.41, 5.74) is 4.09. The van der Waals surface area contributed by atoms with Gasteiger partial charge in [-0.15, -0.1) is 11.3 Å². The van der Waals surface area contributed by atoms with E-state index in [1.807, 2.05) is 55.2 Å². The summed E-state index contributed by atoms with van der Waals surface area (Å²) in [5.74, 6) is -0.243. The molecule has 1 amide bonds. The molecule has 1 aliphatic carbocycles. The van der Waals surface area contributed by atoms with Crippen LogP contribution in [-0.2, 0) is 13.5 Å². The van der Waals surface area contributed by atoms with Gasteiger partial charge in [-0.25, -0.2) is 9.37 Å². The molecule has 6 nitrogen and oxygen atoms in total. The number of fused-ring (bicyclic) bond motifs is 1. The summed E-state index contributed by atoms with van der Waals surface area (Å²) in [6.45, 7) is 0. The minimum absolute atomic E-state index is 0.0971. The molecule has 1 N–H and O–H groups in total. The highest BCUT2D eigenvalue weighted by atomic mass is 32.1. The van der Waals surface area contributed by atoms with E-state index in [-0.39, 0.29) is 11.9 Å². The van der Waals surface area contributed by atoms with Gasteiger partial charge in [-0.3, -0.25) is 14.5 Å². The van der Waals surface area contributed by atoms with E-state index in [1.54, 1.807) is 4.68 Å². The summed E-state index contributed by atoms with van der Waals surface area (Å²) in [7, 11) is 1.88. The molecule has 0 unspecified atom stereocenters. The molecule has 5 rings (SSSR count). The lowest BCUT2D eigenvalue weighted by atomic mass is 9.90. The molecule has 1 fully saturated rings. The summed E-state index contributed by atoms with van der Waals surface area (Å²) in [6.07, 6.45) is 4.33. The Balaban J connectivity index is 1.39. The van der Waals surface area contributed by atoms with Gasteiger partial charge in [0, 0.05) is 30.9 Å². The quantitative estimate of drug-likeness (QED) is 0.530. The lowest BCUT2D eigenvalue weighted by molar-refractivity contribution is 0.0855. The molecule has 1 saturated carbocycles. The van der Waals surface area contributed by atoms with Crippen LogP contribution in [0.5, 0.6) is 0 Å². The summed E-state index contributed by atoms with van der Waals surface area (Å²) in [5, 5.41) is 10.3. The smallest absolute Gasteiger partial charge is 0.270 e. The van der Waals surface area contributed by atoms with Crippen molar-refractivity contribution in [3.05, 3.63) is 64.9 Å². The number of thiophene rings is 1. The Labute approximate surface area is 176 Å². The van der Waals surface area contributed by atoms with Crippen molar-refractivity contribution in [1.29, 1.82) is 0 Å². The first kappa shape index (κ1) is 18.9. The van der Waals surface area contributed by atoms with Crippen molar-refractivity contribution in [2.45, 2.75) is 31.5 Å². The largest absolute Gasteiger partial charge is 0.348 e. The summed E-state index contributed by atoms with van der Waals surface area (Å²) in [6, 6.07) is 9.69. The number of carbonyl (C=O) groups excluding carboxylic acids is 1. The second-order valence-electron chi connectivity index (χ2n) is 7.65. The maximum Gasteiger partial charge on any atom is 0.270 e. The van der Waals surface area contributed by atoms with Crippen LogP contribution in [0.3, 0.4) is 0 Å². The minimum Gasteiger partial charge on any atom is -0.348 e. The predicted molar refractivity (Wildman–Crippen MR) is 114 cm³/mol. The molecule has 8 heteroatoms. The van der Waals surface area contributed by atoms with Crippen LogP contribution in [0.1, 0.15) is 34.5 Å². The number of halogens is 1. The molecule has 4 aromatic heterocycles. The van der Waals surface area contributed by atoms with Gasteiger partial charge in [0.1, 0.15) is 22.4 Å². The van der Waals surface area contributed by atoms with E-state index in [1.165, 1.54) is 11.3 Å². The highest BCUT2D eigenvalue weighted by Gasteiger charge is 2.30. The molecular formula is C22H20FN5OS. The molecule has 0 aliphatic heterocycles. The molecule has 152 valence electrons. The van der Waals surface area contributed by atoms with Crippen molar-refractivity contribution in [2.75, 3.05) is 0 Å². The highest BCUT2D eigenvalue weighted by molar-refractivity contribution is 7.16. The second kappa shape index (κ2) is 7.60. The lowest BCUT2D eigenvalue weighted by Crippen LogP contribution is -2.45. The van der Waals surface area contributed by atoms with E-state index in [0.29, 0.717) is 25.0 Å². The first-order valence-electron chi connectivity index (χ1n) is 9.82. The molecular weight excluding hydrogens is 401 g/mol. The number of hydrogen-bond acceptors (Lipinski definition) is 5. The average Bonchev–Trinajstić information content (AvgIpc) is 3.36. The third-order valence-corrected chi connectivity index (χ3v) is 6.17. The number of hydrogen-bond donors (Lipinski definition) is 1. The standard InChI is InChI=1S/C22H20FN5OS/c1-28-6-4-19(27-28)18-3-2-13(12-24-18)8-14-9-20(26-22-17(14)5-7-30-22)21(29)25-16-10-15(23)11-16/h2-7,9,12,15-16H,8,10-11H2,1H3,(H,25,29). The van der Waals surface area contributed by atoms with Gasteiger partial charge in [-0.1, -0.05) is 6.07 Å². The fraction of sp³-hybridized carbons (Fsp3) is 0.273. The average molecular weight is 422 g/mol. The fourth-order valence-electron chi connectivity index (χ4n) is 3.66. The third kappa shape index (κ3) is 3.70. The molecule has 0 atom stereocenters. The van der Waals surface area contributed by atoms with Crippen molar-refractivity contribution in [2.24, 2.45) is 7.05 Å². The van der Waals surface area contributed by atoms with Crippen molar-refractivity contribution < 1.29 is 9.18 Å². The Hall–Kier alpha value is -3.13.